The molecule has 8 heteroatoms. The van der Waals surface area contributed by atoms with Crippen LogP contribution in [0, 0.1) is 10.1 Å². The van der Waals surface area contributed by atoms with E-state index in [1.54, 1.807) is 24.2 Å². The molecule has 0 amide bonds. The van der Waals surface area contributed by atoms with Crippen LogP contribution in [0.1, 0.15) is 5.56 Å². The predicted molar refractivity (Wildman–Crippen MR) is 72.5 cm³/mol. The fourth-order valence-electron chi connectivity index (χ4n) is 1.51. The maximum atomic E-state index is 12.6. The highest BCUT2D eigenvalue weighted by Gasteiger charge is 2.12. The molecule has 0 unspecified atom stereocenters. The van der Waals surface area contributed by atoms with Crippen molar-refractivity contribution in [1.82, 2.24) is 15.2 Å². The number of nitrogens with zero attached hydrogens (tertiary/aromatic N) is 3. The number of pyridine rings is 1. The minimum atomic E-state index is -0.597. The minimum Gasteiger partial charge on any atom is -0.370 e. The van der Waals surface area contributed by atoms with Gasteiger partial charge in [-0.15, -0.1) is 0 Å². The van der Waals surface area contributed by atoms with E-state index >= 15 is 0 Å². The van der Waals surface area contributed by atoms with Crippen LogP contribution in [0.5, 0.6) is 0 Å². The molecule has 0 spiro atoms. The first-order valence-corrected chi connectivity index (χ1v) is 6.30. The quantitative estimate of drug-likeness (QED) is 0.469. The van der Waals surface area contributed by atoms with Gasteiger partial charge in [0.25, 0.3) is 6.20 Å². The maximum absolute atomic E-state index is 12.6. The number of alkyl halides is 1. The largest absolute Gasteiger partial charge is 0.370 e. The van der Waals surface area contributed by atoms with E-state index in [9.17, 15) is 14.5 Å². The average molecular weight is 333 g/mol. The van der Waals surface area contributed by atoms with Gasteiger partial charge < -0.3 is 10.2 Å². The summed E-state index contributed by atoms with van der Waals surface area (Å²) < 4.78 is 13.3. The first kappa shape index (κ1) is 15.4. The number of nitrogens with one attached hydrogen (secondary N) is 1. The predicted octanol–water partition coefficient (Wildman–Crippen LogP) is 1.91. The number of aromatic nitrogens is 1. The van der Waals surface area contributed by atoms with Crippen molar-refractivity contribution in [3.8, 4) is 0 Å². The van der Waals surface area contributed by atoms with Crippen LogP contribution in [0.15, 0.2) is 35.0 Å². The van der Waals surface area contributed by atoms with Crippen LogP contribution in [0.4, 0.5) is 4.39 Å². The second-order valence-corrected chi connectivity index (χ2v) is 4.46. The summed E-state index contributed by atoms with van der Waals surface area (Å²) in [7, 11) is 1.56. The molecule has 0 aromatic carbocycles. The van der Waals surface area contributed by atoms with Gasteiger partial charge in [-0.25, -0.2) is 9.37 Å². The Morgan fingerprint density at radius 2 is 2.42 bits per heavy atom. The summed E-state index contributed by atoms with van der Waals surface area (Å²) in [4.78, 5) is 15.6. The van der Waals surface area contributed by atoms with Crippen molar-refractivity contribution in [2.24, 2.45) is 0 Å². The number of nitro groups is 1. The SMILES string of the molecule is CNC(=C[N+](=O)[O-])N(CCF)Cc1ccc(Br)nc1. The van der Waals surface area contributed by atoms with Gasteiger partial charge in [-0.1, -0.05) is 6.07 Å². The van der Waals surface area contributed by atoms with E-state index in [1.165, 1.54) is 0 Å². The smallest absolute Gasteiger partial charge is 0.274 e. The van der Waals surface area contributed by atoms with Gasteiger partial charge in [0, 0.05) is 26.3 Å². The number of rotatable bonds is 7. The summed E-state index contributed by atoms with van der Waals surface area (Å²) in [5.41, 5.74) is 0.834. The number of halogens is 2. The molecule has 19 heavy (non-hydrogen) atoms. The Labute approximate surface area is 118 Å². The van der Waals surface area contributed by atoms with E-state index in [0.29, 0.717) is 11.1 Å². The molecule has 0 saturated heterocycles. The molecule has 0 aliphatic heterocycles. The first-order chi connectivity index (χ1) is 9.06. The van der Waals surface area contributed by atoms with E-state index in [1.807, 2.05) is 6.07 Å². The fraction of sp³-hybridized carbons (Fsp3) is 0.364. The molecule has 0 radical (unpaired) electrons. The topological polar surface area (TPSA) is 71.3 Å². The molecule has 0 aliphatic rings. The second-order valence-electron chi connectivity index (χ2n) is 3.65. The monoisotopic (exact) mass is 332 g/mol. The third kappa shape index (κ3) is 5.21. The van der Waals surface area contributed by atoms with Gasteiger partial charge in [0.2, 0.25) is 0 Å². The Balaban J connectivity index is 2.87. The van der Waals surface area contributed by atoms with Crippen LogP contribution < -0.4 is 5.32 Å². The Hall–Kier alpha value is -1.70. The molecule has 104 valence electrons. The molecule has 1 heterocycles. The van der Waals surface area contributed by atoms with Crippen LogP contribution in [-0.4, -0.2) is 35.1 Å². The van der Waals surface area contributed by atoms with Crippen molar-refractivity contribution in [2.45, 2.75) is 6.54 Å². The zero-order chi connectivity index (χ0) is 14.3. The summed E-state index contributed by atoms with van der Waals surface area (Å²) in [6, 6.07) is 3.58. The van der Waals surface area contributed by atoms with Gasteiger partial charge in [0.15, 0.2) is 5.82 Å². The molecule has 0 atom stereocenters. The molecule has 1 rings (SSSR count). The summed E-state index contributed by atoms with van der Waals surface area (Å²) in [5, 5.41) is 13.2. The third-order valence-electron chi connectivity index (χ3n) is 2.34. The van der Waals surface area contributed by atoms with Gasteiger partial charge >= 0.3 is 0 Å². The van der Waals surface area contributed by atoms with Crippen LogP contribution in [0.2, 0.25) is 0 Å². The van der Waals surface area contributed by atoms with E-state index in [0.717, 1.165) is 11.8 Å². The third-order valence-corrected chi connectivity index (χ3v) is 2.81. The van der Waals surface area contributed by atoms with Crippen molar-refractivity contribution < 1.29 is 9.31 Å². The van der Waals surface area contributed by atoms with Gasteiger partial charge in [-0.2, -0.15) is 0 Å². The van der Waals surface area contributed by atoms with E-state index in [4.69, 9.17) is 0 Å². The summed E-state index contributed by atoms with van der Waals surface area (Å²) >= 11 is 3.22. The van der Waals surface area contributed by atoms with Crippen molar-refractivity contribution in [3.05, 3.63) is 50.6 Å². The van der Waals surface area contributed by atoms with Crippen molar-refractivity contribution in [3.63, 3.8) is 0 Å². The molecule has 0 saturated carbocycles. The molecule has 1 aromatic heterocycles. The lowest BCUT2D eigenvalue weighted by Gasteiger charge is -2.24. The highest BCUT2D eigenvalue weighted by molar-refractivity contribution is 9.10. The molecule has 6 nitrogen and oxygen atoms in total. The van der Waals surface area contributed by atoms with Crippen molar-refractivity contribution in [2.75, 3.05) is 20.3 Å². The first-order valence-electron chi connectivity index (χ1n) is 5.51. The number of hydrogen-bond acceptors (Lipinski definition) is 5. The van der Waals surface area contributed by atoms with Gasteiger partial charge in [-0.3, -0.25) is 10.1 Å². The Morgan fingerprint density at radius 1 is 1.68 bits per heavy atom. The molecule has 1 aromatic rings. The normalized spacial score (nSPS) is 11.2. The number of hydrogen-bond donors (Lipinski definition) is 1. The van der Waals surface area contributed by atoms with Gasteiger partial charge in [-0.05, 0) is 27.6 Å². The van der Waals surface area contributed by atoms with Crippen molar-refractivity contribution >= 4 is 15.9 Å². The summed E-state index contributed by atoms with van der Waals surface area (Å²) in [6.45, 7) is -0.192. The molecule has 0 aliphatic carbocycles. The summed E-state index contributed by atoms with van der Waals surface area (Å²) in [6.07, 6.45) is 2.46. The molecule has 0 bridgehead atoms. The van der Waals surface area contributed by atoms with Crippen LogP contribution in [-0.2, 0) is 6.54 Å². The lowest BCUT2D eigenvalue weighted by molar-refractivity contribution is -0.404. The van der Waals surface area contributed by atoms with Gasteiger partial charge in [0.1, 0.15) is 11.3 Å². The Kier molecular flexibility index (Phi) is 6.20. The zero-order valence-electron chi connectivity index (χ0n) is 10.3. The van der Waals surface area contributed by atoms with Crippen molar-refractivity contribution in [1.29, 1.82) is 0 Å². The maximum Gasteiger partial charge on any atom is 0.274 e. The van der Waals surface area contributed by atoms with E-state index < -0.39 is 11.6 Å². The van der Waals surface area contributed by atoms with Gasteiger partial charge in [0.05, 0.1) is 4.92 Å². The highest BCUT2D eigenvalue weighted by atomic mass is 79.9. The minimum absolute atomic E-state index is 0.0660. The van der Waals surface area contributed by atoms with Crippen LogP contribution in [0.3, 0.4) is 0 Å². The standard InChI is InChI=1S/C11H14BrFN4O2/c1-14-11(8-17(18)19)16(5-4-13)7-9-2-3-10(12)15-6-9/h2-3,6,8,14H,4-5,7H2,1H3. The Bertz CT molecular complexity index is 453. The van der Waals surface area contributed by atoms with Crippen LogP contribution in [0.25, 0.3) is 0 Å². The second kappa shape index (κ2) is 7.67. The zero-order valence-corrected chi connectivity index (χ0v) is 11.9. The lowest BCUT2D eigenvalue weighted by atomic mass is 10.2. The highest BCUT2D eigenvalue weighted by Crippen LogP contribution is 2.11. The molecule has 0 fully saturated rings. The Morgan fingerprint density at radius 3 is 2.89 bits per heavy atom. The van der Waals surface area contributed by atoms with Crippen LogP contribution >= 0.6 is 15.9 Å². The molecular weight excluding hydrogens is 319 g/mol. The summed E-state index contributed by atoms with van der Waals surface area (Å²) in [5.74, 6) is 0.255. The average Bonchev–Trinajstić information content (AvgIpc) is 2.38. The van der Waals surface area contributed by atoms with E-state index in [-0.39, 0.29) is 12.4 Å². The fourth-order valence-corrected chi connectivity index (χ4v) is 1.75. The van der Waals surface area contributed by atoms with E-state index in [2.05, 4.69) is 26.2 Å². The molecule has 1 N–H and O–H groups in total. The molecular formula is C11H14BrFN4O2. The lowest BCUT2D eigenvalue weighted by Crippen LogP contribution is -2.32.